The van der Waals surface area contributed by atoms with Crippen molar-refractivity contribution in [3.63, 3.8) is 0 Å². The molecule has 3 nitrogen and oxygen atoms in total. The number of nitrogens with zero attached hydrogens (tertiary/aromatic N) is 2. The maximum absolute atomic E-state index is 12.7. The number of hydrogen-bond donors (Lipinski definition) is 1. The summed E-state index contributed by atoms with van der Waals surface area (Å²) in [5.74, 6) is -0.0830. The van der Waals surface area contributed by atoms with Crippen molar-refractivity contribution in [2.24, 2.45) is 5.16 Å². The molecule has 5 heteroatoms. The summed E-state index contributed by atoms with van der Waals surface area (Å²) in [5.41, 5.74) is 1.08. The van der Waals surface area contributed by atoms with Crippen molar-refractivity contribution in [2.75, 3.05) is 0 Å². The smallest absolute Gasteiger partial charge is 0.138 e. The van der Waals surface area contributed by atoms with Crippen LogP contribution in [0.5, 0.6) is 0 Å². The summed E-state index contributed by atoms with van der Waals surface area (Å²) in [7, 11) is 0. The third-order valence-corrected chi connectivity index (χ3v) is 3.11. The lowest BCUT2D eigenvalue weighted by Gasteiger charge is -2.06. The highest BCUT2D eigenvalue weighted by Crippen LogP contribution is 2.30. The molecule has 78 valence electrons. The van der Waals surface area contributed by atoms with Gasteiger partial charge in [0, 0.05) is 12.6 Å². The Labute approximate surface area is 90.3 Å². The minimum Gasteiger partial charge on any atom is -0.411 e. The van der Waals surface area contributed by atoms with Crippen LogP contribution in [0.25, 0.3) is 5.57 Å². The topological polar surface area (TPSA) is 45.5 Å². The molecule has 1 aliphatic carbocycles. The van der Waals surface area contributed by atoms with Gasteiger partial charge in [-0.2, -0.15) is 0 Å². The Kier molecular flexibility index (Phi) is 2.91. The summed E-state index contributed by atoms with van der Waals surface area (Å²) in [6.07, 6.45) is 7.40. The molecule has 0 atom stereocenters. The van der Waals surface area contributed by atoms with Crippen molar-refractivity contribution >= 4 is 23.1 Å². The van der Waals surface area contributed by atoms with E-state index < -0.39 is 0 Å². The van der Waals surface area contributed by atoms with Crippen molar-refractivity contribution in [1.29, 1.82) is 0 Å². The average molecular weight is 224 g/mol. The second-order valence-corrected chi connectivity index (χ2v) is 4.17. The maximum atomic E-state index is 12.7. The fourth-order valence-corrected chi connectivity index (χ4v) is 2.20. The van der Waals surface area contributed by atoms with Crippen molar-refractivity contribution in [1.82, 2.24) is 4.98 Å². The van der Waals surface area contributed by atoms with Gasteiger partial charge in [0.15, 0.2) is 0 Å². The number of halogens is 1. The highest BCUT2D eigenvalue weighted by atomic mass is 32.1. The van der Waals surface area contributed by atoms with E-state index >= 15 is 0 Å². The normalized spacial score (nSPS) is 16.6. The van der Waals surface area contributed by atoms with E-state index in [0.717, 1.165) is 10.5 Å². The van der Waals surface area contributed by atoms with E-state index in [0.29, 0.717) is 17.8 Å². The van der Waals surface area contributed by atoms with Gasteiger partial charge in [0.25, 0.3) is 0 Å². The zero-order valence-corrected chi connectivity index (χ0v) is 8.67. The predicted octanol–water partition coefficient (Wildman–Crippen LogP) is 2.98. The standard InChI is InChI=1S/C10H9FN2OS/c11-8-3-1-7(2-4-8)9-5-12-10(15-9)6-13-14/h1,3,5-6,14H,2,4H2/b13-6+. The lowest BCUT2D eigenvalue weighted by molar-refractivity contribution is 0.322. The van der Waals surface area contributed by atoms with Crippen LogP contribution in [-0.4, -0.2) is 16.4 Å². The van der Waals surface area contributed by atoms with Crippen LogP contribution in [0.4, 0.5) is 4.39 Å². The van der Waals surface area contributed by atoms with Gasteiger partial charge >= 0.3 is 0 Å². The van der Waals surface area contributed by atoms with Gasteiger partial charge in [-0.3, -0.25) is 0 Å². The maximum Gasteiger partial charge on any atom is 0.138 e. The molecule has 0 spiro atoms. The minimum absolute atomic E-state index is 0.0830. The molecule has 1 aromatic rings. The van der Waals surface area contributed by atoms with Gasteiger partial charge in [-0.15, -0.1) is 11.3 Å². The number of oxime groups is 1. The molecule has 2 rings (SSSR count). The molecule has 0 amide bonds. The van der Waals surface area contributed by atoms with Gasteiger partial charge in [-0.05, 0) is 18.1 Å². The van der Waals surface area contributed by atoms with Crippen molar-refractivity contribution in [3.05, 3.63) is 34.1 Å². The first-order chi connectivity index (χ1) is 7.29. The van der Waals surface area contributed by atoms with Gasteiger partial charge in [0.1, 0.15) is 17.0 Å². The van der Waals surface area contributed by atoms with E-state index in [4.69, 9.17) is 5.21 Å². The number of rotatable bonds is 2. The van der Waals surface area contributed by atoms with Crippen molar-refractivity contribution in [3.8, 4) is 0 Å². The molecule has 0 fully saturated rings. The van der Waals surface area contributed by atoms with Gasteiger partial charge in [0.2, 0.25) is 0 Å². The third kappa shape index (κ3) is 2.30. The molecule has 0 bridgehead atoms. The monoisotopic (exact) mass is 224 g/mol. The molecule has 15 heavy (non-hydrogen) atoms. The zero-order chi connectivity index (χ0) is 10.7. The summed E-state index contributed by atoms with van der Waals surface area (Å²) in [4.78, 5) is 5.05. The van der Waals surface area contributed by atoms with E-state index in [2.05, 4.69) is 10.1 Å². The van der Waals surface area contributed by atoms with Crippen LogP contribution in [0.2, 0.25) is 0 Å². The number of thiazole rings is 1. The first-order valence-corrected chi connectivity index (χ1v) is 5.30. The van der Waals surface area contributed by atoms with Gasteiger partial charge in [0.05, 0.1) is 4.88 Å². The second kappa shape index (κ2) is 4.35. The van der Waals surface area contributed by atoms with Crippen molar-refractivity contribution < 1.29 is 9.60 Å². The molecule has 1 aromatic heterocycles. The van der Waals surface area contributed by atoms with Gasteiger partial charge in [-0.25, -0.2) is 9.37 Å². The van der Waals surface area contributed by atoms with E-state index in [1.54, 1.807) is 12.3 Å². The highest BCUT2D eigenvalue weighted by molar-refractivity contribution is 7.14. The van der Waals surface area contributed by atoms with E-state index in [1.165, 1.54) is 23.6 Å². The third-order valence-electron chi connectivity index (χ3n) is 2.11. The SMILES string of the molecule is O/N=C/c1ncc(C2=CC=C(F)CC2)s1. The van der Waals surface area contributed by atoms with Crippen LogP contribution in [0, 0.1) is 0 Å². The Hall–Kier alpha value is -1.49. The number of allylic oxidation sites excluding steroid dienone is 4. The molecule has 0 saturated heterocycles. The molecule has 1 N–H and O–H groups in total. The Bertz CT molecular complexity index is 448. The molecule has 0 saturated carbocycles. The molecule has 0 aliphatic heterocycles. The van der Waals surface area contributed by atoms with Crippen molar-refractivity contribution in [2.45, 2.75) is 12.8 Å². The largest absolute Gasteiger partial charge is 0.411 e. The highest BCUT2D eigenvalue weighted by Gasteiger charge is 2.10. The first-order valence-electron chi connectivity index (χ1n) is 4.48. The Balaban J connectivity index is 2.23. The van der Waals surface area contributed by atoms with Crippen LogP contribution in [0.1, 0.15) is 22.7 Å². The van der Waals surface area contributed by atoms with Crippen LogP contribution in [-0.2, 0) is 0 Å². The molecule has 0 radical (unpaired) electrons. The Morgan fingerprint density at radius 3 is 3.00 bits per heavy atom. The molecular weight excluding hydrogens is 215 g/mol. The van der Waals surface area contributed by atoms with Gasteiger partial charge < -0.3 is 5.21 Å². The average Bonchev–Trinajstić information content (AvgIpc) is 2.68. The second-order valence-electron chi connectivity index (χ2n) is 3.11. The minimum atomic E-state index is -0.0830. The molecular formula is C10H9FN2OS. The number of aromatic nitrogens is 1. The first kappa shape index (κ1) is 10.0. The Morgan fingerprint density at radius 2 is 2.33 bits per heavy atom. The van der Waals surface area contributed by atoms with Crippen LogP contribution < -0.4 is 0 Å². The number of hydrogen-bond acceptors (Lipinski definition) is 4. The molecule has 1 aliphatic rings. The van der Waals surface area contributed by atoms with E-state index in [9.17, 15) is 4.39 Å². The molecule has 0 unspecified atom stereocenters. The van der Waals surface area contributed by atoms with E-state index in [1.807, 2.05) is 0 Å². The molecule has 0 aromatic carbocycles. The van der Waals surface area contributed by atoms with Crippen LogP contribution >= 0.6 is 11.3 Å². The van der Waals surface area contributed by atoms with Gasteiger partial charge in [-0.1, -0.05) is 11.2 Å². The summed E-state index contributed by atoms with van der Waals surface area (Å²) >= 11 is 1.42. The van der Waals surface area contributed by atoms with Crippen LogP contribution in [0.15, 0.2) is 29.3 Å². The summed E-state index contributed by atoms with van der Waals surface area (Å²) in [5, 5.41) is 11.9. The lowest BCUT2D eigenvalue weighted by atomic mass is 10.0. The summed E-state index contributed by atoms with van der Waals surface area (Å²) in [6, 6.07) is 0. The zero-order valence-electron chi connectivity index (χ0n) is 7.85. The Morgan fingerprint density at radius 1 is 1.47 bits per heavy atom. The van der Waals surface area contributed by atoms with E-state index in [-0.39, 0.29) is 5.83 Å². The summed E-state index contributed by atoms with van der Waals surface area (Å²) < 4.78 is 12.7. The summed E-state index contributed by atoms with van der Waals surface area (Å²) in [6.45, 7) is 0. The molecule has 1 heterocycles. The fraction of sp³-hybridized carbons (Fsp3) is 0.200. The predicted molar refractivity (Wildman–Crippen MR) is 57.9 cm³/mol. The quantitative estimate of drug-likeness (QED) is 0.477. The fourth-order valence-electron chi connectivity index (χ4n) is 1.36. The lowest BCUT2D eigenvalue weighted by Crippen LogP contribution is -1.87. The van der Waals surface area contributed by atoms with Crippen LogP contribution in [0.3, 0.4) is 0 Å².